The van der Waals surface area contributed by atoms with Gasteiger partial charge in [0.15, 0.2) is 0 Å². The summed E-state index contributed by atoms with van der Waals surface area (Å²) in [6, 6.07) is 22.2. The molecule has 39 heavy (non-hydrogen) atoms. The first-order valence-electron chi connectivity index (χ1n) is 12.8. The van der Waals surface area contributed by atoms with Crippen LogP contribution in [0.25, 0.3) is 21.8 Å². The molecule has 9 nitrogen and oxygen atoms in total. The van der Waals surface area contributed by atoms with Crippen LogP contribution < -0.4 is 10.1 Å². The lowest BCUT2D eigenvalue weighted by Gasteiger charge is -2.16. The number of rotatable bonds is 12. The van der Waals surface area contributed by atoms with Gasteiger partial charge < -0.3 is 15.0 Å². The molecule has 0 radical (unpaired) electrons. The van der Waals surface area contributed by atoms with Gasteiger partial charge in [-0.05, 0) is 55.4 Å². The first-order valence-corrected chi connectivity index (χ1v) is 14.9. The number of nitrogens with one attached hydrogen (secondary N) is 1. The van der Waals surface area contributed by atoms with E-state index in [0.29, 0.717) is 25.5 Å². The van der Waals surface area contributed by atoms with Gasteiger partial charge in [0.05, 0.1) is 36.1 Å². The van der Waals surface area contributed by atoms with Crippen LogP contribution in [0.4, 0.5) is 11.5 Å². The third kappa shape index (κ3) is 7.10. The Morgan fingerprint density at radius 2 is 1.85 bits per heavy atom. The normalized spacial score (nSPS) is 11.9. The zero-order chi connectivity index (χ0) is 27.2. The average Bonchev–Trinajstić information content (AvgIpc) is 3.32. The van der Waals surface area contributed by atoms with Crippen LogP contribution in [0, 0.1) is 0 Å². The number of hydrogen-bond acceptors (Lipinski definition) is 8. The second-order valence-corrected chi connectivity index (χ2v) is 12.0. The molecular formula is C29H32N6O3S. The molecule has 0 spiro atoms. The highest BCUT2D eigenvalue weighted by molar-refractivity contribution is 7.90. The molecule has 5 rings (SSSR count). The maximum Gasteiger partial charge on any atom is 0.148 e. The molecule has 0 saturated carbocycles. The van der Waals surface area contributed by atoms with Crippen LogP contribution in [0.15, 0.2) is 79.3 Å². The van der Waals surface area contributed by atoms with Crippen molar-refractivity contribution >= 4 is 43.1 Å². The van der Waals surface area contributed by atoms with Gasteiger partial charge in [0.2, 0.25) is 0 Å². The second kappa shape index (κ2) is 11.8. The van der Waals surface area contributed by atoms with Crippen molar-refractivity contribution in [3.05, 3.63) is 84.8 Å². The first kappa shape index (κ1) is 26.6. The quantitative estimate of drug-likeness (QED) is 0.229. The van der Waals surface area contributed by atoms with Gasteiger partial charge >= 0.3 is 0 Å². The van der Waals surface area contributed by atoms with E-state index in [1.807, 2.05) is 65.3 Å². The molecule has 0 atom stereocenters. The summed E-state index contributed by atoms with van der Waals surface area (Å²) in [7, 11) is -1.04. The van der Waals surface area contributed by atoms with Crippen LogP contribution in [-0.2, 0) is 16.4 Å². The zero-order valence-corrected chi connectivity index (χ0v) is 22.9. The third-order valence-electron chi connectivity index (χ3n) is 6.48. The summed E-state index contributed by atoms with van der Waals surface area (Å²) in [5.74, 6) is 1.59. The number of anilines is 2. The standard InChI is InChI=1S/C29H32N6O3S/c1-34(14-16-39(2,36)37)13-6-15-38-25-10-11-27-26(18-25)29(31-21-30-27)33-24-9-12-28-23(17-24)19-32-35(28)20-22-7-4-3-5-8-22/h3-5,7-12,17-19,21H,6,13-16,20H2,1-2H3,(H,30,31,33). The molecule has 2 aromatic heterocycles. The Morgan fingerprint density at radius 3 is 2.67 bits per heavy atom. The second-order valence-electron chi connectivity index (χ2n) is 9.72. The molecule has 1 N–H and O–H groups in total. The lowest BCUT2D eigenvalue weighted by atomic mass is 10.2. The van der Waals surface area contributed by atoms with E-state index in [2.05, 4.69) is 44.6 Å². The molecule has 0 aliphatic carbocycles. The van der Waals surface area contributed by atoms with E-state index in [-0.39, 0.29) is 5.75 Å². The molecule has 2 heterocycles. The summed E-state index contributed by atoms with van der Waals surface area (Å²) in [6.07, 6.45) is 5.47. The summed E-state index contributed by atoms with van der Waals surface area (Å²) in [6.45, 7) is 2.51. The van der Waals surface area contributed by atoms with Gasteiger partial charge in [0.25, 0.3) is 0 Å². The average molecular weight is 545 g/mol. The Morgan fingerprint density at radius 1 is 1.00 bits per heavy atom. The Bertz CT molecular complexity index is 1670. The predicted molar refractivity (Wildman–Crippen MR) is 155 cm³/mol. The fourth-order valence-corrected chi connectivity index (χ4v) is 5.01. The Balaban J connectivity index is 1.24. The summed E-state index contributed by atoms with van der Waals surface area (Å²) < 4.78 is 30.7. The van der Waals surface area contributed by atoms with Gasteiger partial charge in [-0.25, -0.2) is 18.4 Å². The van der Waals surface area contributed by atoms with E-state index in [1.165, 1.54) is 11.8 Å². The highest BCUT2D eigenvalue weighted by atomic mass is 32.2. The first-order chi connectivity index (χ1) is 18.8. The van der Waals surface area contributed by atoms with Gasteiger partial charge in [0.1, 0.15) is 27.7 Å². The van der Waals surface area contributed by atoms with Crippen LogP contribution >= 0.6 is 0 Å². The minimum atomic E-state index is -2.96. The molecule has 0 bridgehead atoms. The van der Waals surface area contributed by atoms with E-state index in [0.717, 1.165) is 46.2 Å². The van der Waals surface area contributed by atoms with Crippen molar-refractivity contribution in [3.63, 3.8) is 0 Å². The largest absolute Gasteiger partial charge is 0.494 e. The fraction of sp³-hybridized carbons (Fsp3) is 0.276. The van der Waals surface area contributed by atoms with Crippen LogP contribution in [0.5, 0.6) is 5.75 Å². The smallest absolute Gasteiger partial charge is 0.148 e. The molecule has 0 aliphatic heterocycles. The number of sulfone groups is 1. The van der Waals surface area contributed by atoms with Gasteiger partial charge in [0, 0.05) is 35.8 Å². The van der Waals surface area contributed by atoms with Crippen molar-refractivity contribution in [2.75, 3.05) is 44.1 Å². The molecule has 202 valence electrons. The molecule has 10 heteroatoms. The summed E-state index contributed by atoms with van der Waals surface area (Å²) >= 11 is 0. The van der Waals surface area contributed by atoms with E-state index in [4.69, 9.17) is 4.74 Å². The summed E-state index contributed by atoms with van der Waals surface area (Å²) in [5.41, 5.74) is 3.99. The maximum atomic E-state index is 11.4. The van der Waals surface area contributed by atoms with Crippen molar-refractivity contribution in [2.24, 2.45) is 0 Å². The Labute approximate surface area is 228 Å². The highest BCUT2D eigenvalue weighted by Crippen LogP contribution is 2.28. The minimum absolute atomic E-state index is 0.160. The van der Waals surface area contributed by atoms with Crippen molar-refractivity contribution < 1.29 is 13.2 Å². The Hall–Kier alpha value is -4.02. The van der Waals surface area contributed by atoms with Crippen molar-refractivity contribution in [1.82, 2.24) is 24.6 Å². The number of benzene rings is 3. The molecular weight excluding hydrogens is 512 g/mol. The molecule has 0 aliphatic rings. The predicted octanol–water partition coefficient (Wildman–Crippen LogP) is 4.52. The van der Waals surface area contributed by atoms with Crippen LogP contribution in [0.1, 0.15) is 12.0 Å². The van der Waals surface area contributed by atoms with Crippen molar-refractivity contribution in [3.8, 4) is 5.75 Å². The van der Waals surface area contributed by atoms with Crippen molar-refractivity contribution in [2.45, 2.75) is 13.0 Å². The van der Waals surface area contributed by atoms with E-state index in [9.17, 15) is 8.42 Å². The van der Waals surface area contributed by atoms with E-state index in [1.54, 1.807) is 6.33 Å². The maximum absolute atomic E-state index is 11.4. The van der Waals surface area contributed by atoms with Gasteiger partial charge in [-0.1, -0.05) is 30.3 Å². The molecule has 5 aromatic rings. The number of ether oxygens (including phenoxy) is 1. The van der Waals surface area contributed by atoms with Gasteiger partial charge in [-0.3, -0.25) is 4.68 Å². The fourth-order valence-electron chi connectivity index (χ4n) is 4.37. The number of fused-ring (bicyclic) bond motifs is 2. The van der Waals surface area contributed by atoms with E-state index < -0.39 is 9.84 Å². The van der Waals surface area contributed by atoms with Crippen LogP contribution in [0.3, 0.4) is 0 Å². The SMILES string of the molecule is CN(CCCOc1ccc2ncnc(Nc3ccc4c(cnn4Cc4ccccc4)c3)c2c1)CCS(C)(=O)=O. The lowest BCUT2D eigenvalue weighted by Crippen LogP contribution is -2.27. The molecule has 0 amide bonds. The molecule has 3 aromatic carbocycles. The van der Waals surface area contributed by atoms with Crippen LogP contribution in [-0.4, -0.2) is 71.8 Å². The lowest BCUT2D eigenvalue weighted by molar-refractivity contribution is 0.269. The van der Waals surface area contributed by atoms with Gasteiger partial charge in [-0.2, -0.15) is 5.10 Å². The molecule has 0 unspecified atom stereocenters. The zero-order valence-electron chi connectivity index (χ0n) is 22.1. The summed E-state index contributed by atoms with van der Waals surface area (Å²) in [4.78, 5) is 10.9. The number of aromatic nitrogens is 4. The van der Waals surface area contributed by atoms with E-state index >= 15 is 0 Å². The Kier molecular flexibility index (Phi) is 8.04. The summed E-state index contributed by atoms with van der Waals surface area (Å²) in [5, 5.41) is 9.92. The third-order valence-corrected chi connectivity index (χ3v) is 7.41. The monoisotopic (exact) mass is 544 g/mol. The minimum Gasteiger partial charge on any atom is -0.494 e. The highest BCUT2D eigenvalue weighted by Gasteiger charge is 2.10. The number of nitrogens with zero attached hydrogens (tertiary/aromatic N) is 5. The van der Waals surface area contributed by atoms with Gasteiger partial charge in [-0.15, -0.1) is 0 Å². The van der Waals surface area contributed by atoms with Crippen molar-refractivity contribution in [1.29, 1.82) is 0 Å². The topological polar surface area (TPSA) is 102 Å². The molecule has 0 fully saturated rings. The number of hydrogen-bond donors (Lipinski definition) is 1. The molecule has 0 saturated heterocycles. The van der Waals surface area contributed by atoms with Crippen LogP contribution in [0.2, 0.25) is 0 Å².